The van der Waals surface area contributed by atoms with Crippen LogP contribution in [0.25, 0.3) is 0 Å². The molecule has 0 saturated carbocycles. The van der Waals surface area contributed by atoms with Crippen LogP contribution in [-0.2, 0) is 14.2 Å². The molecule has 0 aliphatic carbocycles. The second kappa shape index (κ2) is 5.99. The van der Waals surface area contributed by atoms with Gasteiger partial charge >= 0.3 is 0 Å². The van der Waals surface area contributed by atoms with Gasteiger partial charge in [0.05, 0.1) is 22.0 Å². The van der Waals surface area contributed by atoms with Gasteiger partial charge in [0.1, 0.15) is 6.10 Å². The molecule has 2 aliphatic rings. The van der Waals surface area contributed by atoms with Crippen molar-refractivity contribution in [2.45, 2.75) is 43.7 Å². The monoisotopic (exact) mass is 230 g/mol. The van der Waals surface area contributed by atoms with Crippen LogP contribution in [0.4, 0.5) is 0 Å². The predicted molar refractivity (Wildman–Crippen MR) is 62.0 cm³/mol. The second-order valence-electron chi connectivity index (χ2n) is 4.70. The van der Waals surface area contributed by atoms with Gasteiger partial charge in [-0.2, -0.15) is 0 Å². The largest absolute Gasteiger partial charge is 0.382 e. The van der Waals surface area contributed by atoms with E-state index in [-0.39, 0.29) is 0 Å². The highest BCUT2D eigenvalue weighted by atomic mass is 28.3. The number of hydrogen-bond acceptors (Lipinski definition) is 3. The van der Waals surface area contributed by atoms with Crippen molar-refractivity contribution in [3.8, 4) is 0 Å². The molecule has 3 nitrogen and oxygen atoms in total. The van der Waals surface area contributed by atoms with E-state index in [4.69, 9.17) is 14.2 Å². The first-order chi connectivity index (χ1) is 7.36. The Labute approximate surface area is 93.7 Å². The fourth-order valence-corrected chi connectivity index (χ4v) is 4.23. The number of epoxide rings is 1. The van der Waals surface area contributed by atoms with Crippen LogP contribution >= 0.6 is 0 Å². The Balaban J connectivity index is 1.52. The number of hydrogen-bond donors (Lipinski definition) is 0. The van der Waals surface area contributed by atoms with E-state index < -0.39 is 8.80 Å². The van der Waals surface area contributed by atoms with Gasteiger partial charge in [0, 0.05) is 18.9 Å². The average Bonchev–Trinajstić information content (AvgIpc) is 3.09. The van der Waals surface area contributed by atoms with Crippen LogP contribution < -0.4 is 0 Å². The Kier molecular flexibility index (Phi) is 4.62. The average molecular weight is 230 g/mol. The molecule has 0 amide bonds. The number of ether oxygens (including phenoxy) is 3. The quantitative estimate of drug-likeness (QED) is 0.392. The SMILES string of the molecule is C[SiH](CCOCC1CO1)C1CCCCO1. The summed E-state index contributed by atoms with van der Waals surface area (Å²) >= 11 is 0. The van der Waals surface area contributed by atoms with Crippen molar-refractivity contribution >= 4 is 8.80 Å². The molecule has 3 atom stereocenters. The maximum Gasteiger partial charge on any atom is 0.104 e. The molecule has 2 rings (SSSR count). The molecule has 88 valence electrons. The van der Waals surface area contributed by atoms with E-state index in [1.807, 2.05) is 0 Å². The Hall–Kier alpha value is 0.0969. The molecule has 3 unspecified atom stereocenters. The van der Waals surface area contributed by atoms with E-state index in [0.717, 1.165) is 26.4 Å². The minimum atomic E-state index is -0.714. The van der Waals surface area contributed by atoms with E-state index >= 15 is 0 Å². The van der Waals surface area contributed by atoms with Gasteiger partial charge in [-0.05, 0) is 25.3 Å². The summed E-state index contributed by atoms with van der Waals surface area (Å²) in [6.45, 7) is 6.00. The summed E-state index contributed by atoms with van der Waals surface area (Å²) in [4.78, 5) is 0. The Morgan fingerprint density at radius 1 is 1.33 bits per heavy atom. The first kappa shape index (κ1) is 11.6. The Morgan fingerprint density at radius 3 is 2.87 bits per heavy atom. The highest BCUT2D eigenvalue weighted by Crippen LogP contribution is 2.17. The molecular weight excluding hydrogens is 208 g/mol. The summed E-state index contributed by atoms with van der Waals surface area (Å²) in [6, 6.07) is 1.25. The van der Waals surface area contributed by atoms with Crippen LogP contribution in [0.2, 0.25) is 12.6 Å². The first-order valence-electron chi connectivity index (χ1n) is 6.17. The maximum absolute atomic E-state index is 5.81. The van der Waals surface area contributed by atoms with Gasteiger partial charge < -0.3 is 14.2 Å². The minimum Gasteiger partial charge on any atom is -0.382 e. The summed E-state index contributed by atoms with van der Waals surface area (Å²) in [6.07, 6.45) is 4.32. The van der Waals surface area contributed by atoms with Gasteiger partial charge in [-0.1, -0.05) is 6.55 Å². The maximum atomic E-state index is 5.81. The van der Waals surface area contributed by atoms with Crippen LogP contribution in [0.3, 0.4) is 0 Å². The fourth-order valence-electron chi connectivity index (χ4n) is 2.05. The second-order valence-corrected chi connectivity index (χ2v) is 7.98. The van der Waals surface area contributed by atoms with Crippen molar-refractivity contribution in [2.75, 3.05) is 26.4 Å². The highest BCUT2D eigenvalue weighted by molar-refractivity contribution is 6.58. The lowest BCUT2D eigenvalue weighted by Gasteiger charge is -2.27. The fraction of sp³-hybridized carbons (Fsp3) is 1.00. The summed E-state index contributed by atoms with van der Waals surface area (Å²) < 4.78 is 16.5. The van der Waals surface area contributed by atoms with Crippen molar-refractivity contribution in [1.29, 1.82) is 0 Å². The molecule has 0 N–H and O–H groups in total. The molecule has 0 aromatic carbocycles. The summed E-state index contributed by atoms with van der Waals surface area (Å²) in [7, 11) is -0.714. The lowest BCUT2D eigenvalue weighted by Crippen LogP contribution is -2.34. The van der Waals surface area contributed by atoms with Crippen LogP contribution in [-0.4, -0.2) is 47.1 Å². The van der Waals surface area contributed by atoms with Gasteiger partial charge in [0.2, 0.25) is 0 Å². The van der Waals surface area contributed by atoms with E-state index in [1.165, 1.54) is 25.3 Å². The molecule has 4 heteroatoms. The third-order valence-corrected chi connectivity index (χ3v) is 6.21. The van der Waals surface area contributed by atoms with E-state index in [2.05, 4.69) is 6.55 Å². The zero-order chi connectivity index (χ0) is 10.5. The van der Waals surface area contributed by atoms with Crippen LogP contribution in [0.1, 0.15) is 19.3 Å². The summed E-state index contributed by atoms with van der Waals surface area (Å²) in [5.74, 6) is 0. The van der Waals surface area contributed by atoms with Crippen molar-refractivity contribution < 1.29 is 14.2 Å². The zero-order valence-electron chi connectivity index (χ0n) is 9.61. The van der Waals surface area contributed by atoms with Crippen molar-refractivity contribution in [2.24, 2.45) is 0 Å². The third-order valence-electron chi connectivity index (χ3n) is 3.27. The standard InChI is InChI=1S/C11H22O3Si/c1-15(11-4-2-3-5-13-11)7-6-12-8-10-9-14-10/h10-11,15H,2-9H2,1H3. The molecule has 0 spiro atoms. The van der Waals surface area contributed by atoms with Crippen molar-refractivity contribution in [1.82, 2.24) is 0 Å². The zero-order valence-corrected chi connectivity index (χ0v) is 10.8. The number of rotatable bonds is 6. The molecule has 0 aromatic heterocycles. The smallest absolute Gasteiger partial charge is 0.104 e. The minimum absolute atomic E-state index is 0.410. The van der Waals surface area contributed by atoms with Crippen molar-refractivity contribution in [3.05, 3.63) is 0 Å². The molecular formula is C11H22O3Si. The molecule has 0 bridgehead atoms. The topological polar surface area (TPSA) is 31.0 Å². The Bertz CT molecular complexity index is 179. The van der Waals surface area contributed by atoms with Gasteiger partial charge in [0.25, 0.3) is 0 Å². The van der Waals surface area contributed by atoms with Crippen LogP contribution in [0.5, 0.6) is 0 Å². The van der Waals surface area contributed by atoms with Crippen LogP contribution in [0, 0.1) is 0 Å². The van der Waals surface area contributed by atoms with Gasteiger partial charge in [-0.3, -0.25) is 0 Å². The molecule has 2 saturated heterocycles. The van der Waals surface area contributed by atoms with Gasteiger partial charge in [-0.25, -0.2) is 0 Å². The molecule has 2 heterocycles. The molecule has 2 aliphatic heterocycles. The molecule has 0 radical (unpaired) electrons. The first-order valence-corrected chi connectivity index (χ1v) is 8.81. The van der Waals surface area contributed by atoms with Crippen molar-refractivity contribution in [3.63, 3.8) is 0 Å². The summed E-state index contributed by atoms with van der Waals surface area (Å²) in [5.41, 5.74) is 0.611. The highest BCUT2D eigenvalue weighted by Gasteiger charge is 2.24. The molecule has 0 aromatic rings. The molecule has 2 fully saturated rings. The molecule has 15 heavy (non-hydrogen) atoms. The Morgan fingerprint density at radius 2 is 2.20 bits per heavy atom. The normalized spacial score (nSPS) is 32.6. The van der Waals surface area contributed by atoms with E-state index in [9.17, 15) is 0 Å². The van der Waals surface area contributed by atoms with Crippen LogP contribution in [0.15, 0.2) is 0 Å². The lowest BCUT2D eigenvalue weighted by molar-refractivity contribution is 0.0611. The van der Waals surface area contributed by atoms with Gasteiger partial charge in [-0.15, -0.1) is 0 Å². The third kappa shape index (κ3) is 4.22. The lowest BCUT2D eigenvalue weighted by atomic mass is 10.2. The van der Waals surface area contributed by atoms with E-state index in [0.29, 0.717) is 11.8 Å². The summed E-state index contributed by atoms with van der Waals surface area (Å²) in [5, 5.41) is 0. The predicted octanol–water partition coefficient (Wildman–Crippen LogP) is 1.37. The van der Waals surface area contributed by atoms with E-state index in [1.54, 1.807) is 0 Å². The van der Waals surface area contributed by atoms with Gasteiger partial charge in [0.15, 0.2) is 0 Å².